The van der Waals surface area contributed by atoms with Crippen LogP contribution in [-0.2, 0) is 0 Å². The summed E-state index contributed by atoms with van der Waals surface area (Å²) in [6.45, 7) is 7.27. The molecule has 1 fully saturated rings. The van der Waals surface area contributed by atoms with E-state index in [9.17, 15) is 4.79 Å². The number of pyridine rings is 1. The van der Waals surface area contributed by atoms with Gasteiger partial charge in [-0.25, -0.2) is 4.98 Å². The SMILES string of the molecule is CC(C)(CN1CCCC1)NC(=O)c1ccc2cc[nH]c2n1. The molecule has 1 saturated heterocycles. The average molecular weight is 286 g/mol. The Kier molecular flexibility index (Phi) is 3.68. The molecule has 2 aromatic rings. The second kappa shape index (κ2) is 5.48. The highest BCUT2D eigenvalue weighted by Gasteiger charge is 2.26. The van der Waals surface area contributed by atoms with Gasteiger partial charge in [-0.1, -0.05) is 0 Å². The van der Waals surface area contributed by atoms with Gasteiger partial charge in [-0.05, 0) is 58.0 Å². The number of likely N-dealkylation sites (tertiary alicyclic amines) is 1. The fraction of sp³-hybridized carbons (Fsp3) is 0.500. The second-order valence-corrected chi connectivity index (χ2v) is 6.43. The number of nitrogens with one attached hydrogen (secondary N) is 2. The Morgan fingerprint density at radius 2 is 2.10 bits per heavy atom. The molecular weight excluding hydrogens is 264 g/mol. The van der Waals surface area contributed by atoms with Crippen molar-refractivity contribution < 1.29 is 4.79 Å². The van der Waals surface area contributed by atoms with Gasteiger partial charge in [0.15, 0.2) is 0 Å². The van der Waals surface area contributed by atoms with Gasteiger partial charge >= 0.3 is 0 Å². The Morgan fingerprint density at radius 3 is 2.86 bits per heavy atom. The number of aromatic nitrogens is 2. The molecule has 5 nitrogen and oxygen atoms in total. The summed E-state index contributed by atoms with van der Waals surface area (Å²) in [6.07, 6.45) is 4.35. The molecule has 1 aliphatic rings. The Balaban J connectivity index is 1.69. The third-order valence-electron chi connectivity index (χ3n) is 3.91. The van der Waals surface area contributed by atoms with E-state index in [1.165, 1.54) is 12.8 Å². The van der Waals surface area contributed by atoms with Crippen LogP contribution in [0.1, 0.15) is 37.2 Å². The van der Waals surface area contributed by atoms with E-state index in [-0.39, 0.29) is 11.4 Å². The van der Waals surface area contributed by atoms with Crippen LogP contribution in [0, 0.1) is 0 Å². The lowest BCUT2D eigenvalue weighted by atomic mass is 10.0. The van der Waals surface area contributed by atoms with Crippen LogP contribution in [0.5, 0.6) is 0 Å². The van der Waals surface area contributed by atoms with Crippen molar-refractivity contribution in [3.05, 3.63) is 30.1 Å². The molecule has 5 heteroatoms. The molecule has 3 heterocycles. The maximum atomic E-state index is 12.4. The van der Waals surface area contributed by atoms with Gasteiger partial charge in [0, 0.05) is 23.7 Å². The Labute approximate surface area is 124 Å². The number of carbonyl (C=O) groups is 1. The van der Waals surface area contributed by atoms with Crippen LogP contribution in [0.15, 0.2) is 24.4 Å². The molecule has 0 atom stereocenters. The summed E-state index contributed by atoms with van der Waals surface area (Å²) in [7, 11) is 0. The van der Waals surface area contributed by atoms with Gasteiger partial charge in [0.1, 0.15) is 11.3 Å². The van der Waals surface area contributed by atoms with Crippen LogP contribution < -0.4 is 5.32 Å². The van der Waals surface area contributed by atoms with E-state index < -0.39 is 0 Å². The summed E-state index contributed by atoms with van der Waals surface area (Å²) in [5, 5.41) is 4.12. The largest absolute Gasteiger partial charge is 0.346 e. The highest BCUT2D eigenvalue weighted by atomic mass is 16.2. The first-order valence-electron chi connectivity index (χ1n) is 7.52. The minimum atomic E-state index is -0.256. The standard InChI is InChI=1S/C16H22N4O/c1-16(2,11-20-9-3-4-10-20)19-15(21)13-6-5-12-7-8-17-14(12)18-13/h5-8H,3-4,9-11H2,1-2H3,(H,17,18)(H,19,21). The van der Waals surface area contributed by atoms with Gasteiger partial charge in [-0.2, -0.15) is 0 Å². The molecule has 0 aromatic carbocycles. The van der Waals surface area contributed by atoms with E-state index >= 15 is 0 Å². The van der Waals surface area contributed by atoms with Crippen molar-refractivity contribution in [2.24, 2.45) is 0 Å². The number of aromatic amines is 1. The van der Waals surface area contributed by atoms with E-state index in [0.717, 1.165) is 30.7 Å². The molecule has 0 aliphatic carbocycles. The Bertz CT molecular complexity index is 641. The molecule has 2 N–H and O–H groups in total. The zero-order chi connectivity index (χ0) is 14.9. The van der Waals surface area contributed by atoms with E-state index in [4.69, 9.17) is 0 Å². The molecule has 0 unspecified atom stereocenters. The second-order valence-electron chi connectivity index (χ2n) is 6.43. The highest BCUT2D eigenvalue weighted by Crippen LogP contribution is 2.14. The van der Waals surface area contributed by atoms with Crippen molar-refractivity contribution in [3.8, 4) is 0 Å². The molecule has 3 rings (SSSR count). The van der Waals surface area contributed by atoms with Crippen LogP contribution in [0.2, 0.25) is 0 Å². The van der Waals surface area contributed by atoms with Crippen molar-refractivity contribution in [3.63, 3.8) is 0 Å². The van der Waals surface area contributed by atoms with Crippen LogP contribution in [0.4, 0.5) is 0 Å². The molecule has 1 aliphatic heterocycles. The first kappa shape index (κ1) is 14.1. The van der Waals surface area contributed by atoms with E-state index in [2.05, 4.69) is 34.0 Å². The summed E-state index contributed by atoms with van der Waals surface area (Å²) < 4.78 is 0. The van der Waals surface area contributed by atoms with Gasteiger partial charge in [0.25, 0.3) is 5.91 Å². The lowest BCUT2D eigenvalue weighted by Gasteiger charge is -2.31. The fourth-order valence-electron chi connectivity index (χ4n) is 2.97. The number of H-pyrrole nitrogens is 1. The number of hydrogen-bond donors (Lipinski definition) is 2. The molecule has 1 amide bonds. The van der Waals surface area contributed by atoms with Crippen molar-refractivity contribution in [2.75, 3.05) is 19.6 Å². The molecule has 21 heavy (non-hydrogen) atoms. The zero-order valence-electron chi connectivity index (χ0n) is 12.6. The van der Waals surface area contributed by atoms with E-state index in [1.807, 2.05) is 18.3 Å². The lowest BCUT2D eigenvalue weighted by molar-refractivity contribution is 0.0889. The highest BCUT2D eigenvalue weighted by molar-refractivity contribution is 5.94. The predicted molar refractivity (Wildman–Crippen MR) is 83.3 cm³/mol. The Hall–Kier alpha value is -1.88. The van der Waals surface area contributed by atoms with Crippen molar-refractivity contribution >= 4 is 16.9 Å². The topological polar surface area (TPSA) is 61.0 Å². The summed E-state index contributed by atoms with van der Waals surface area (Å²) in [4.78, 5) is 22.2. The maximum absolute atomic E-state index is 12.4. The van der Waals surface area contributed by atoms with Gasteiger partial charge in [0.2, 0.25) is 0 Å². The predicted octanol–water partition coefficient (Wildman–Crippen LogP) is 2.17. The van der Waals surface area contributed by atoms with Gasteiger partial charge in [-0.3, -0.25) is 4.79 Å². The smallest absolute Gasteiger partial charge is 0.270 e. The molecule has 0 spiro atoms. The molecule has 112 valence electrons. The average Bonchev–Trinajstić information content (AvgIpc) is 3.07. The summed E-state index contributed by atoms with van der Waals surface area (Å²) in [5.74, 6) is -0.115. The summed E-state index contributed by atoms with van der Waals surface area (Å²) in [6, 6.07) is 5.64. The van der Waals surface area contributed by atoms with Crippen LogP contribution in [-0.4, -0.2) is 45.9 Å². The minimum absolute atomic E-state index is 0.115. The number of rotatable bonds is 4. The number of amides is 1. The quantitative estimate of drug-likeness (QED) is 0.905. The Morgan fingerprint density at radius 1 is 1.33 bits per heavy atom. The number of hydrogen-bond acceptors (Lipinski definition) is 3. The van der Waals surface area contributed by atoms with Crippen molar-refractivity contribution in [2.45, 2.75) is 32.2 Å². The monoisotopic (exact) mass is 286 g/mol. The third kappa shape index (κ3) is 3.24. The molecule has 2 aromatic heterocycles. The van der Waals surface area contributed by atoms with Gasteiger partial charge in [0.05, 0.1) is 0 Å². The van der Waals surface area contributed by atoms with E-state index in [0.29, 0.717) is 5.69 Å². The van der Waals surface area contributed by atoms with Crippen LogP contribution in [0.25, 0.3) is 11.0 Å². The van der Waals surface area contributed by atoms with Crippen LogP contribution >= 0.6 is 0 Å². The summed E-state index contributed by atoms with van der Waals surface area (Å²) in [5.41, 5.74) is 0.952. The minimum Gasteiger partial charge on any atom is -0.346 e. The number of fused-ring (bicyclic) bond motifs is 1. The van der Waals surface area contributed by atoms with Crippen molar-refractivity contribution in [1.29, 1.82) is 0 Å². The number of carbonyl (C=O) groups excluding carboxylic acids is 1. The van der Waals surface area contributed by atoms with Crippen LogP contribution in [0.3, 0.4) is 0 Å². The first-order chi connectivity index (χ1) is 10.0. The molecular formula is C16H22N4O. The van der Waals surface area contributed by atoms with Crippen molar-refractivity contribution in [1.82, 2.24) is 20.2 Å². The molecule has 0 saturated carbocycles. The lowest BCUT2D eigenvalue weighted by Crippen LogP contribution is -2.51. The zero-order valence-corrected chi connectivity index (χ0v) is 12.6. The van der Waals surface area contributed by atoms with Gasteiger partial charge < -0.3 is 15.2 Å². The summed E-state index contributed by atoms with van der Waals surface area (Å²) >= 11 is 0. The number of nitrogens with zero attached hydrogens (tertiary/aromatic N) is 2. The first-order valence-corrected chi connectivity index (χ1v) is 7.52. The fourth-order valence-corrected chi connectivity index (χ4v) is 2.97. The van der Waals surface area contributed by atoms with Gasteiger partial charge in [-0.15, -0.1) is 0 Å². The normalized spacial score (nSPS) is 16.5. The van der Waals surface area contributed by atoms with E-state index in [1.54, 1.807) is 6.07 Å². The maximum Gasteiger partial charge on any atom is 0.270 e. The molecule has 0 bridgehead atoms. The molecule has 0 radical (unpaired) electrons. The third-order valence-corrected chi connectivity index (χ3v) is 3.91.